The van der Waals surface area contributed by atoms with Gasteiger partial charge in [0.25, 0.3) is 5.91 Å². The van der Waals surface area contributed by atoms with Gasteiger partial charge in [-0.2, -0.15) is 0 Å². The standard InChI is InChI=1S/C18H29N3O3/c1-3-4-10-21(2)16-7-5-15(6-8-16)17(23)19-12-18(13-22)14-24-11-9-20-18/h5-8,20,22H,3-4,9-14H2,1-2H3,(H,19,23). The van der Waals surface area contributed by atoms with E-state index in [1.807, 2.05) is 24.3 Å². The van der Waals surface area contributed by atoms with Gasteiger partial charge in [0.1, 0.15) is 0 Å². The normalized spacial score (nSPS) is 20.6. The number of carbonyl (C=O) groups is 1. The Bertz CT molecular complexity index is 513. The number of anilines is 1. The summed E-state index contributed by atoms with van der Waals surface area (Å²) in [6.45, 7) is 5.14. The monoisotopic (exact) mass is 335 g/mol. The van der Waals surface area contributed by atoms with E-state index in [-0.39, 0.29) is 12.5 Å². The minimum atomic E-state index is -0.589. The van der Waals surface area contributed by atoms with Gasteiger partial charge >= 0.3 is 0 Å². The molecule has 1 aromatic rings. The predicted molar refractivity (Wildman–Crippen MR) is 95.6 cm³/mol. The fourth-order valence-corrected chi connectivity index (χ4v) is 2.72. The van der Waals surface area contributed by atoms with Crippen LogP contribution in [0.2, 0.25) is 0 Å². The number of hydrogen-bond acceptors (Lipinski definition) is 5. The molecule has 134 valence electrons. The number of ether oxygens (including phenoxy) is 1. The first-order valence-electron chi connectivity index (χ1n) is 8.63. The summed E-state index contributed by atoms with van der Waals surface area (Å²) >= 11 is 0. The van der Waals surface area contributed by atoms with Crippen molar-refractivity contribution in [2.24, 2.45) is 0 Å². The molecule has 1 unspecified atom stereocenters. The first-order valence-corrected chi connectivity index (χ1v) is 8.63. The summed E-state index contributed by atoms with van der Waals surface area (Å²) in [7, 11) is 2.06. The number of carbonyl (C=O) groups excluding carboxylic acids is 1. The van der Waals surface area contributed by atoms with Crippen LogP contribution >= 0.6 is 0 Å². The van der Waals surface area contributed by atoms with Gasteiger partial charge in [0.2, 0.25) is 0 Å². The summed E-state index contributed by atoms with van der Waals surface area (Å²) < 4.78 is 5.41. The molecule has 0 saturated carbocycles. The highest BCUT2D eigenvalue weighted by Crippen LogP contribution is 2.15. The molecule has 0 aromatic heterocycles. The Kier molecular flexibility index (Phi) is 7.02. The van der Waals surface area contributed by atoms with E-state index in [1.54, 1.807) is 0 Å². The third-order valence-electron chi connectivity index (χ3n) is 4.43. The van der Waals surface area contributed by atoms with Crippen LogP contribution in [0.3, 0.4) is 0 Å². The highest BCUT2D eigenvalue weighted by atomic mass is 16.5. The molecular formula is C18H29N3O3. The Morgan fingerprint density at radius 2 is 2.17 bits per heavy atom. The van der Waals surface area contributed by atoms with Crippen molar-refractivity contribution in [2.75, 3.05) is 51.4 Å². The molecular weight excluding hydrogens is 306 g/mol. The van der Waals surface area contributed by atoms with Crippen molar-refractivity contribution in [3.63, 3.8) is 0 Å². The van der Waals surface area contributed by atoms with Crippen LogP contribution in [-0.4, -0.2) is 63.1 Å². The summed E-state index contributed by atoms with van der Waals surface area (Å²) in [5.74, 6) is -0.141. The summed E-state index contributed by atoms with van der Waals surface area (Å²) in [5.41, 5.74) is 1.13. The van der Waals surface area contributed by atoms with Crippen LogP contribution in [0.5, 0.6) is 0 Å². The number of aliphatic hydroxyl groups is 1. The number of rotatable bonds is 8. The topological polar surface area (TPSA) is 73.8 Å². The molecule has 1 amide bonds. The fourth-order valence-electron chi connectivity index (χ4n) is 2.72. The maximum Gasteiger partial charge on any atom is 0.251 e. The van der Waals surface area contributed by atoms with Gasteiger partial charge in [-0.3, -0.25) is 4.79 Å². The minimum Gasteiger partial charge on any atom is -0.394 e. The Morgan fingerprint density at radius 1 is 1.42 bits per heavy atom. The Hall–Kier alpha value is -1.63. The molecule has 1 saturated heterocycles. The summed E-state index contributed by atoms with van der Waals surface area (Å²) in [6, 6.07) is 7.61. The number of morpholine rings is 1. The third-order valence-corrected chi connectivity index (χ3v) is 4.43. The van der Waals surface area contributed by atoms with Gasteiger partial charge in [-0.25, -0.2) is 0 Å². The van der Waals surface area contributed by atoms with Crippen molar-refractivity contribution in [1.82, 2.24) is 10.6 Å². The van der Waals surface area contributed by atoms with Gasteiger partial charge in [-0.1, -0.05) is 13.3 Å². The summed E-state index contributed by atoms with van der Waals surface area (Å²) in [4.78, 5) is 14.5. The van der Waals surface area contributed by atoms with Crippen LogP contribution in [0, 0.1) is 0 Å². The van der Waals surface area contributed by atoms with Gasteiger partial charge in [0.15, 0.2) is 0 Å². The van der Waals surface area contributed by atoms with Crippen LogP contribution in [0.4, 0.5) is 5.69 Å². The van der Waals surface area contributed by atoms with Crippen molar-refractivity contribution >= 4 is 11.6 Å². The van der Waals surface area contributed by atoms with Crippen LogP contribution in [0.1, 0.15) is 30.1 Å². The van der Waals surface area contributed by atoms with Crippen LogP contribution in [-0.2, 0) is 4.74 Å². The number of amides is 1. The van der Waals surface area contributed by atoms with Gasteiger partial charge in [0, 0.05) is 37.9 Å². The average molecular weight is 335 g/mol. The molecule has 1 aliphatic heterocycles. The summed E-state index contributed by atoms with van der Waals surface area (Å²) in [5, 5.41) is 15.7. The van der Waals surface area contributed by atoms with Crippen molar-refractivity contribution in [3.8, 4) is 0 Å². The SMILES string of the molecule is CCCCN(C)c1ccc(C(=O)NCC2(CO)COCCN2)cc1. The zero-order valence-corrected chi connectivity index (χ0v) is 14.7. The molecule has 0 bridgehead atoms. The predicted octanol–water partition coefficient (Wildman–Crippen LogP) is 1.00. The van der Waals surface area contributed by atoms with E-state index in [1.165, 1.54) is 0 Å². The van der Waals surface area contributed by atoms with Crippen LogP contribution in [0.15, 0.2) is 24.3 Å². The van der Waals surface area contributed by atoms with Crippen molar-refractivity contribution < 1.29 is 14.6 Å². The first-order chi connectivity index (χ1) is 11.6. The maximum atomic E-state index is 12.3. The fraction of sp³-hybridized carbons (Fsp3) is 0.611. The minimum absolute atomic E-state index is 0.0750. The van der Waals surface area contributed by atoms with Gasteiger partial charge in [-0.15, -0.1) is 0 Å². The van der Waals surface area contributed by atoms with E-state index < -0.39 is 5.54 Å². The number of hydrogen-bond donors (Lipinski definition) is 3. The quantitative estimate of drug-likeness (QED) is 0.661. The van der Waals surface area contributed by atoms with Crippen molar-refractivity contribution in [1.29, 1.82) is 0 Å². The lowest BCUT2D eigenvalue weighted by atomic mass is 10.0. The number of benzene rings is 1. The van der Waals surface area contributed by atoms with E-state index in [9.17, 15) is 9.90 Å². The molecule has 1 fully saturated rings. The van der Waals surface area contributed by atoms with Gasteiger partial charge in [0.05, 0.1) is 25.4 Å². The van der Waals surface area contributed by atoms with Gasteiger partial charge in [-0.05, 0) is 30.7 Å². The highest BCUT2D eigenvalue weighted by Gasteiger charge is 2.32. The molecule has 2 rings (SSSR count). The third kappa shape index (κ3) is 4.93. The Labute approximate surface area is 144 Å². The Balaban J connectivity index is 1.90. The summed E-state index contributed by atoms with van der Waals surface area (Å²) in [6.07, 6.45) is 2.31. The lowest BCUT2D eigenvalue weighted by Gasteiger charge is -2.36. The molecule has 6 nitrogen and oxygen atoms in total. The number of unbranched alkanes of at least 4 members (excludes halogenated alkanes) is 1. The van der Waals surface area contributed by atoms with Crippen molar-refractivity contribution in [3.05, 3.63) is 29.8 Å². The molecule has 1 aromatic carbocycles. The second-order valence-corrected chi connectivity index (χ2v) is 6.42. The van der Waals surface area contributed by atoms with Crippen molar-refractivity contribution in [2.45, 2.75) is 25.3 Å². The molecule has 1 aliphatic rings. The number of nitrogens with zero attached hydrogens (tertiary/aromatic N) is 1. The van der Waals surface area contributed by atoms with E-state index in [2.05, 4.69) is 29.5 Å². The van der Waals surface area contributed by atoms with Crippen LogP contribution in [0.25, 0.3) is 0 Å². The number of nitrogens with one attached hydrogen (secondary N) is 2. The van der Waals surface area contributed by atoms with E-state index >= 15 is 0 Å². The largest absolute Gasteiger partial charge is 0.394 e. The molecule has 1 atom stereocenters. The molecule has 6 heteroatoms. The maximum absolute atomic E-state index is 12.3. The Morgan fingerprint density at radius 3 is 2.75 bits per heavy atom. The molecule has 0 spiro atoms. The van der Waals surface area contributed by atoms with Crippen LogP contribution < -0.4 is 15.5 Å². The molecule has 24 heavy (non-hydrogen) atoms. The average Bonchev–Trinajstić information content (AvgIpc) is 2.65. The number of aliphatic hydroxyl groups excluding tert-OH is 1. The molecule has 3 N–H and O–H groups in total. The zero-order valence-electron chi connectivity index (χ0n) is 14.7. The zero-order chi connectivity index (χ0) is 17.4. The lowest BCUT2D eigenvalue weighted by molar-refractivity contribution is 0.0000343. The molecule has 0 radical (unpaired) electrons. The van der Waals surface area contributed by atoms with E-state index in [4.69, 9.17) is 4.74 Å². The highest BCUT2D eigenvalue weighted by molar-refractivity contribution is 5.94. The molecule has 0 aliphatic carbocycles. The molecule has 1 heterocycles. The van der Waals surface area contributed by atoms with E-state index in [0.29, 0.717) is 31.9 Å². The lowest BCUT2D eigenvalue weighted by Crippen LogP contribution is -2.62. The first kappa shape index (κ1) is 18.7. The smallest absolute Gasteiger partial charge is 0.251 e. The second-order valence-electron chi connectivity index (χ2n) is 6.42. The van der Waals surface area contributed by atoms with E-state index in [0.717, 1.165) is 25.1 Å². The van der Waals surface area contributed by atoms with Gasteiger partial charge < -0.3 is 25.4 Å². The second kappa shape index (κ2) is 9.01.